The molecule has 9 heteroatoms. The van der Waals surface area contributed by atoms with Gasteiger partial charge in [0.2, 0.25) is 11.1 Å². The predicted molar refractivity (Wildman–Crippen MR) is 135 cm³/mol. The van der Waals surface area contributed by atoms with E-state index in [9.17, 15) is 4.79 Å². The molecule has 4 aromatic rings. The highest BCUT2D eigenvalue weighted by Gasteiger charge is 2.35. The van der Waals surface area contributed by atoms with Crippen LogP contribution in [0.4, 0.5) is 11.6 Å². The van der Waals surface area contributed by atoms with Crippen molar-refractivity contribution < 1.29 is 4.79 Å². The third kappa shape index (κ3) is 4.55. The number of anilines is 2. The number of rotatable bonds is 6. The van der Waals surface area contributed by atoms with E-state index in [4.69, 9.17) is 16.7 Å². The van der Waals surface area contributed by atoms with E-state index in [0.717, 1.165) is 11.3 Å². The highest BCUT2D eigenvalue weighted by molar-refractivity contribution is 7.98. The molecule has 1 aliphatic heterocycles. The van der Waals surface area contributed by atoms with Crippen LogP contribution in [-0.2, 0) is 10.5 Å². The molecule has 1 aliphatic rings. The predicted octanol–water partition coefficient (Wildman–Crippen LogP) is 5.55. The number of allylic oxidation sites excluding steroid dienone is 1. The summed E-state index contributed by atoms with van der Waals surface area (Å²) in [5.41, 5.74) is 3.75. The van der Waals surface area contributed by atoms with Gasteiger partial charge in [0.15, 0.2) is 0 Å². The summed E-state index contributed by atoms with van der Waals surface area (Å²) in [5.74, 6) is 1.04. The van der Waals surface area contributed by atoms with Crippen LogP contribution < -0.4 is 10.6 Å². The molecule has 0 unspecified atom stereocenters. The zero-order chi connectivity index (χ0) is 23.5. The van der Waals surface area contributed by atoms with E-state index < -0.39 is 6.04 Å². The van der Waals surface area contributed by atoms with Gasteiger partial charge in [-0.05, 0) is 30.7 Å². The lowest BCUT2D eigenvalue weighted by Gasteiger charge is -2.29. The SMILES string of the molecule is CC1=C(C(=O)Nc2cccnc2)[C@@H](c2ccccc2Cl)n2nc(SCc3ccccc3)nc2N1. The molecule has 3 heterocycles. The van der Waals surface area contributed by atoms with Gasteiger partial charge in [-0.2, -0.15) is 4.98 Å². The summed E-state index contributed by atoms with van der Waals surface area (Å²) in [6.45, 7) is 1.86. The van der Waals surface area contributed by atoms with Crippen molar-refractivity contribution in [2.75, 3.05) is 10.6 Å². The molecule has 0 spiro atoms. The average molecular weight is 489 g/mol. The first-order valence-corrected chi connectivity index (χ1v) is 12.0. The quantitative estimate of drug-likeness (QED) is 0.346. The number of nitrogens with zero attached hydrogens (tertiary/aromatic N) is 4. The number of carbonyl (C=O) groups excluding carboxylic acids is 1. The first-order chi connectivity index (χ1) is 16.6. The van der Waals surface area contributed by atoms with Crippen LogP contribution in [-0.4, -0.2) is 25.7 Å². The number of halogens is 1. The smallest absolute Gasteiger partial charge is 0.255 e. The van der Waals surface area contributed by atoms with Crippen LogP contribution in [0.25, 0.3) is 0 Å². The van der Waals surface area contributed by atoms with Crippen LogP contribution in [0.5, 0.6) is 0 Å². The molecule has 0 aliphatic carbocycles. The number of pyridine rings is 1. The zero-order valence-electron chi connectivity index (χ0n) is 18.3. The number of nitrogens with one attached hydrogen (secondary N) is 2. The molecule has 2 aromatic carbocycles. The first-order valence-electron chi connectivity index (χ1n) is 10.7. The number of thioether (sulfide) groups is 1. The summed E-state index contributed by atoms with van der Waals surface area (Å²) in [7, 11) is 0. The number of carbonyl (C=O) groups is 1. The van der Waals surface area contributed by atoms with Gasteiger partial charge in [0.05, 0.1) is 17.5 Å². The number of hydrogen-bond donors (Lipinski definition) is 2. The number of amides is 1. The summed E-state index contributed by atoms with van der Waals surface area (Å²) in [6.07, 6.45) is 3.26. The fourth-order valence-corrected chi connectivity index (χ4v) is 4.85. The van der Waals surface area contributed by atoms with Crippen molar-refractivity contribution in [1.82, 2.24) is 19.7 Å². The van der Waals surface area contributed by atoms with Crippen LogP contribution in [0.15, 0.2) is 95.6 Å². The summed E-state index contributed by atoms with van der Waals surface area (Å²) >= 11 is 8.14. The second-order valence-corrected chi connectivity index (χ2v) is 9.07. The molecule has 1 atom stereocenters. The molecule has 170 valence electrons. The standard InChI is InChI=1S/C25H21ClN6OS/c1-16-21(23(33)29-18-10-7-13-27-14-18)22(19-11-5-6-12-20(19)26)32-24(28-16)30-25(31-32)34-15-17-8-3-2-4-9-17/h2-14,22H,15H2,1H3,(H,29,33)(H,28,30,31)/t22-/m1/s1. The average Bonchev–Trinajstić information content (AvgIpc) is 3.26. The molecule has 0 radical (unpaired) electrons. The van der Waals surface area contributed by atoms with E-state index in [-0.39, 0.29) is 5.91 Å². The van der Waals surface area contributed by atoms with Crippen molar-refractivity contribution in [2.45, 2.75) is 23.9 Å². The molecular formula is C25H21ClN6OS. The van der Waals surface area contributed by atoms with E-state index in [1.807, 2.05) is 49.4 Å². The number of benzene rings is 2. The van der Waals surface area contributed by atoms with Gasteiger partial charge < -0.3 is 10.6 Å². The van der Waals surface area contributed by atoms with Crippen molar-refractivity contribution in [2.24, 2.45) is 0 Å². The third-order valence-corrected chi connectivity index (χ3v) is 6.66. The Balaban J connectivity index is 1.51. The maximum Gasteiger partial charge on any atom is 0.255 e. The van der Waals surface area contributed by atoms with Crippen LogP contribution >= 0.6 is 23.4 Å². The Hall–Kier alpha value is -3.62. The molecule has 0 saturated carbocycles. The monoisotopic (exact) mass is 488 g/mol. The molecule has 0 saturated heterocycles. The minimum Gasteiger partial charge on any atom is -0.328 e. The summed E-state index contributed by atoms with van der Waals surface area (Å²) in [5, 5.41) is 12.1. The molecule has 2 aromatic heterocycles. The number of fused-ring (bicyclic) bond motifs is 1. The maximum absolute atomic E-state index is 13.5. The van der Waals surface area contributed by atoms with Crippen molar-refractivity contribution >= 4 is 40.9 Å². The normalized spacial score (nSPS) is 14.9. The third-order valence-electron chi connectivity index (χ3n) is 5.41. The minimum absolute atomic E-state index is 0.262. The minimum atomic E-state index is -0.541. The molecule has 34 heavy (non-hydrogen) atoms. The molecule has 0 fully saturated rings. The molecule has 5 rings (SSSR count). The molecule has 7 nitrogen and oxygen atoms in total. The van der Waals surface area contributed by atoms with E-state index in [1.54, 1.807) is 29.2 Å². The van der Waals surface area contributed by atoms with Crippen LogP contribution in [0.3, 0.4) is 0 Å². The zero-order valence-corrected chi connectivity index (χ0v) is 19.8. The fraction of sp³-hybridized carbons (Fsp3) is 0.120. The number of hydrogen-bond acceptors (Lipinski definition) is 6. The summed E-state index contributed by atoms with van der Waals surface area (Å²) in [6, 6.07) is 20.7. The van der Waals surface area contributed by atoms with Gasteiger partial charge in [0.25, 0.3) is 5.91 Å². The Morgan fingerprint density at radius 2 is 1.91 bits per heavy atom. The lowest BCUT2D eigenvalue weighted by molar-refractivity contribution is -0.113. The Bertz CT molecular complexity index is 1360. The Morgan fingerprint density at radius 3 is 2.68 bits per heavy atom. The van der Waals surface area contributed by atoms with E-state index in [2.05, 4.69) is 32.7 Å². The lowest BCUT2D eigenvalue weighted by Crippen LogP contribution is -2.31. The largest absolute Gasteiger partial charge is 0.328 e. The van der Waals surface area contributed by atoms with Gasteiger partial charge in [-0.3, -0.25) is 9.78 Å². The fourth-order valence-electron chi connectivity index (χ4n) is 3.83. The second-order valence-electron chi connectivity index (χ2n) is 7.72. The van der Waals surface area contributed by atoms with Gasteiger partial charge in [0, 0.05) is 28.2 Å². The Morgan fingerprint density at radius 1 is 1.12 bits per heavy atom. The first kappa shape index (κ1) is 22.2. The van der Waals surface area contributed by atoms with Crippen LogP contribution in [0.2, 0.25) is 5.02 Å². The highest BCUT2D eigenvalue weighted by Crippen LogP contribution is 2.39. The second kappa shape index (κ2) is 9.70. The molecule has 2 N–H and O–H groups in total. The summed E-state index contributed by atoms with van der Waals surface area (Å²) in [4.78, 5) is 22.2. The van der Waals surface area contributed by atoms with Crippen molar-refractivity contribution in [3.8, 4) is 0 Å². The van der Waals surface area contributed by atoms with Gasteiger partial charge in [0.1, 0.15) is 6.04 Å². The van der Waals surface area contributed by atoms with E-state index in [1.165, 1.54) is 17.3 Å². The molecule has 1 amide bonds. The molecular weight excluding hydrogens is 468 g/mol. The Kier molecular flexibility index (Phi) is 6.33. The van der Waals surface area contributed by atoms with Crippen molar-refractivity contribution in [1.29, 1.82) is 0 Å². The highest BCUT2D eigenvalue weighted by atomic mass is 35.5. The van der Waals surface area contributed by atoms with Crippen LogP contribution in [0, 0.1) is 0 Å². The van der Waals surface area contributed by atoms with Gasteiger partial charge in [-0.1, -0.05) is 71.9 Å². The lowest BCUT2D eigenvalue weighted by atomic mass is 9.95. The topological polar surface area (TPSA) is 84.7 Å². The van der Waals surface area contributed by atoms with Gasteiger partial charge in [-0.15, -0.1) is 5.10 Å². The molecule has 0 bridgehead atoms. The Labute approximate surface area is 206 Å². The maximum atomic E-state index is 13.5. The van der Waals surface area contributed by atoms with Gasteiger partial charge in [-0.25, -0.2) is 4.68 Å². The van der Waals surface area contributed by atoms with E-state index >= 15 is 0 Å². The van der Waals surface area contributed by atoms with Crippen molar-refractivity contribution in [3.63, 3.8) is 0 Å². The summed E-state index contributed by atoms with van der Waals surface area (Å²) < 4.78 is 1.74. The number of aromatic nitrogens is 4. The van der Waals surface area contributed by atoms with Crippen molar-refractivity contribution in [3.05, 3.63) is 107 Å². The van der Waals surface area contributed by atoms with Gasteiger partial charge >= 0.3 is 0 Å². The van der Waals surface area contributed by atoms with E-state index in [0.29, 0.717) is 33.1 Å². The van der Waals surface area contributed by atoms with Crippen LogP contribution in [0.1, 0.15) is 24.1 Å².